The van der Waals surface area contributed by atoms with Crippen molar-refractivity contribution in [1.29, 1.82) is 0 Å². The summed E-state index contributed by atoms with van der Waals surface area (Å²) in [4.78, 5) is 18.5. The van der Waals surface area contributed by atoms with Crippen LogP contribution in [0.3, 0.4) is 0 Å². The predicted octanol–water partition coefficient (Wildman–Crippen LogP) is 4.10. The van der Waals surface area contributed by atoms with E-state index in [-0.39, 0.29) is 5.69 Å². The minimum Gasteiger partial charge on any atom is -0.362 e. The third kappa shape index (κ3) is 3.90. The second-order valence-electron chi connectivity index (χ2n) is 5.77. The number of aromatic nitrogens is 1. The average Bonchev–Trinajstić information content (AvgIpc) is 2.61. The lowest BCUT2D eigenvalue weighted by Gasteiger charge is -2.36. The molecule has 3 rings (SSSR count). The van der Waals surface area contributed by atoms with Gasteiger partial charge in [0.2, 0.25) is 0 Å². The molecule has 0 radical (unpaired) electrons. The number of halogens is 4. The van der Waals surface area contributed by atoms with Gasteiger partial charge in [0, 0.05) is 42.9 Å². The molecule has 1 aromatic heterocycles. The minimum absolute atomic E-state index is 0.0143. The molecule has 10 heteroatoms. The quantitative estimate of drug-likeness (QED) is 0.541. The van der Waals surface area contributed by atoms with E-state index >= 15 is 0 Å². The molecule has 1 fully saturated rings. The van der Waals surface area contributed by atoms with E-state index < -0.39 is 16.7 Å². The number of rotatable bonds is 3. The molecule has 1 aromatic carbocycles. The standard InChI is InChI=1S/C16H14BrF3N4O2/c17-12-2-3-13(14(9-12)24(25)26)22-5-7-23(8-6-22)15-4-1-11(10-21-15)16(18,19)20/h1-4,9-10H,5-8H2. The molecule has 26 heavy (non-hydrogen) atoms. The molecule has 0 N–H and O–H groups in total. The van der Waals surface area contributed by atoms with Crippen molar-refractivity contribution in [3.05, 3.63) is 56.7 Å². The van der Waals surface area contributed by atoms with Crippen LogP contribution in [0.15, 0.2) is 41.0 Å². The number of hydrogen-bond donors (Lipinski definition) is 0. The molecule has 0 aliphatic carbocycles. The summed E-state index contributed by atoms with van der Waals surface area (Å²) in [5.74, 6) is 0.461. The van der Waals surface area contributed by atoms with Gasteiger partial charge in [-0.2, -0.15) is 13.2 Å². The summed E-state index contributed by atoms with van der Waals surface area (Å²) >= 11 is 3.23. The van der Waals surface area contributed by atoms with Crippen molar-refractivity contribution in [1.82, 2.24) is 4.98 Å². The van der Waals surface area contributed by atoms with Crippen molar-refractivity contribution >= 4 is 33.1 Å². The van der Waals surface area contributed by atoms with Gasteiger partial charge in [0.25, 0.3) is 5.69 Å². The molecule has 6 nitrogen and oxygen atoms in total. The van der Waals surface area contributed by atoms with Gasteiger partial charge in [-0.15, -0.1) is 0 Å². The fourth-order valence-electron chi connectivity index (χ4n) is 2.83. The van der Waals surface area contributed by atoms with Gasteiger partial charge in [0.1, 0.15) is 11.5 Å². The monoisotopic (exact) mass is 430 g/mol. The van der Waals surface area contributed by atoms with Crippen molar-refractivity contribution < 1.29 is 18.1 Å². The fourth-order valence-corrected chi connectivity index (χ4v) is 3.18. The molecule has 1 aliphatic rings. The van der Waals surface area contributed by atoms with Crippen LogP contribution in [0.2, 0.25) is 0 Å². The molecule has 1 saturated heterocycles. The van der Waals surface area contributed by atoms with E-state index in [9.17, 15) is 23.3 Å². The normalized spacial score (nSPS) is 15.2. The third-order valence-electron chi connectivity index (χ3n) is 4.15. The average molecular weight is 431 g/mol. The largest absolute Gasteiger partial charge is 0.417 e. The number of hydrogen-bond acceptors (Lipinski definition) is 5. The van der Waals surface area contributed by atoms with E-state index in [1.54, 1.807) is 12.1 Å². The molecule has 0 saturated carbocycles. The Hall–Kier alpha value is -2.36. The van der Waals surface area contributed by atoms with E-state index in [0.29, 0.717) is 42.2 Å². The summed E-state index contributed by atoms with van der Waals surface area (Å²) in [6.45, 7) is 2.02. The summed E-state index contributed by atoms with van der Waals surface area (Å²) in [5, 5.41) is 11.3. The number of alkyl halides is 3. The van der Waals surface area contributed by atoms with Crippen molar-refractivity contribution in [2.75, 3.05) is 36.0 Å². The molecule has 1 aliphatic heterocycles. The van der Waals surface area contributed by atoms with E-state index in [4.69, 9.17) is 0 Å². The van der Waals surface area contributed by atoms with Crippen molar-refractivity contribution in [3.63, 3.8) is 0 Å². The number of pyridine rings is 1. The molecule has 2 heterocycles. The summed E-state index contributed by atoms with van der Waals surface area (Å²) in [5.41, 5.74) is -0.246. The SMILES string of the molecule is O=[N+]([O-])c1cc(Br)ccc1N1CCN(c2ccc(C(F)(F)F)cn2)CC1. The molecule has 138 valence electrons. The van der Waals surface area contributed by atoms with Crippen molar-refractivity contribution in [2.24, 2.45) is 0 Å². The lowest BCUT2D eigenvalue weighted by Crippen LogP contribution is -2.47. The smallest absolute Gasteiger partial charge is 0.362 e. The highest BCUT2D eigenvalue weighted by Crippen LogP contribution is 2.33. The Morgan fingerprint density at radius 3 is 2.27 bits per heavy atom. The minimum atomic E-state index is -4.41. The summed E-state index contributed by atoms with van der Waals surface area (Å²) < 4.78 is 38.5. The molecule has 2 aromatic rings. The Bertz CT molecular complexity index is 806. The lowest BCUT2D eigenvalue weighted by molar-refractivity contribution is -0.384. The van der Waals surface area contributed by atoms with E-state index in [2.05, 4.69) is 20.9 Å². The van der Waals surface area contributed by atoms with Crippen LogP contribution >= 0.6 is 15.9 Å². The van der Waals surface area contributed by atoms with Gasteiger partial charge in [-0.3, -0.25) is 10.1 Å². The van der Waals surface area contributed by atoms with Crippen LogP contribution in [0.5, 0.6) is 0 Å². The zero-order valence-electron chi connectivity index (χ0n) is 13.4. The molecule has 0 atom stereocenters. The predicted molar refractivity (Wildman–Crippen MR) is 94.5 cm³/mol. The zero-order valence-corrected chi connectivity index (χ0v) is 15.0. The lowest BCUT2D eigenvalue weighted by atomic mass is 10.2. The van der Waals surface area contributed by atoms with Crippen LogP contribution in [0.4, 0.5) is 30.4 Å². The molecule has 0 unspecified atom stereocenters. The number of nitrogens with zero attached hydrogens (tertiary/aromatic N) is 4. The van der Waals surface area contributed by atoms with Crippen LogP contribution < -0.4 is 9.80 Å². The first-order valence-electron chi connectivity index (χ1n) is 7.73. The van der Waals surface area contributed by atoms with Gasteiger partial charge in [0.05, 0.1) is 10.5 Å². The first-order valence-corrected chi connectivity index (χ1v) is 8.52. The van der Waals surface area contributed by atoms with Crippen LogP contribution in [0, 0.1) is 10.1 Å². The highest BCUT2D eigenvalue weighted by Gasteiger charge is 2.31. The first kappa shape index (κ1) is 18.4. The van der Waals surface area contributed by atoms with Gasteiger partial charge in [-0.1, -0.05) is 15.9 Å². The fraction of sp³-hybridized carbons (Fsp3) is 0.312. The van der Waals surface area contributed by atoms with Gasteiger partial charge in [-0.05, 0) is 24.3 Å². The molecule has 0 amide bonds. The van der Waals surface area contributed by atoms with Gasteiger partial charge < -0.3 is 9.80 Å². The van der Waals surface area contributed by atoms with Gasteiger partial charge in [-0.25, -0.2) is 4.98 Å². The molecule has 0 bridgehead atoms. The highest BCUT2D eigenvalue weighted by atomic mass is 79.9. The van der Waals surface area contributed by atoms with E-state index in [0.717, 1.165) is 12.3 Å². The number of nitro groups is 1. The third-order valence-corrected chi connectivity index (χ3v) is 4.65. The Morgan fingerprint density at radius 1 is 1.08 bits per heavy atom. The number of nitro benzene ring substituents is 1. The molecule has 0 spiro atoms. The highest BCUT2D eigenvalue weighted by molar-refractivity contribution is 9.10. The van der Waals surface area contributed by atoms with Crippen LogP contribution in [-0.4, -0.2) is 36.1 Å². The maximum Gasteiger partial charge on any atom is 0.417 e. The molecular weight excluding hydrogens is 417 g/mol. The van der Waals surface area contributed by atoms with Gasteiger partial charge in [0.15, 0.2) is 0 Å². The Morgan fingerprint density at radius 2 is 1.73 bits per heavy atom. The van der Waals surface area contributed by atoms with Crippen LogP contribution in [0.1, 0.15) is 5.56 Å². The molecular formula is C16H14BrF3N4O2. The maximum atomic E-state index is 12.6. The number of anilines is 2. The van der Waals surface area contributed by atoms with Crippen LogP contribution in [0.25, 0.3) is 0 Å². The van der Waals surface area contributed by atoms with Crippen molar-refractivity contribution in [2.45, 2.75) is 6.18 Å². The summed E-state index contributed by atoms with van der Waals surface area (Å²) in [6.07, 6.45) is -3.59. The second-order valence-corrected chi connectivity index (χ2v) is 6.68. The Labute approximate surface area is 155 Å². The maximum absolute atomic E-state index is 12.6. The first-order chi connectivity index (χ1) is 12.3. The topological polar surface area (TPSA) is 62.5 Å². The second kappa shape index (κ2) is 7.10. The zero-order chi connectivity index (χ0) is 18.9. The van der Waals surface area contributed by atoms with Gasteiger partial charge >= 0.3 is 6.18 Å². The number of piperazine rings is 1. The van der Waals surface area contributed by atoms with Crippen molar-refractivity contribution in [3.8, 4) is 0 Å². The van der Waals surface area contributed by atoms with E-state index in [1.807, 2.05) is 9.80 Å². The Balaban J connectivity index is 1.71. The summed E-state index contributed by atoms with van der Waals surface area (Å²) in [7, 11) is 0. The Kier molecular flexibility index (Phi) is 5.03. The summed E-state index contributed by atoms with van der Waals surface area (Å²) in [6, 6.07) is 7.24. The number of benzene rings is 1. The van der Waals surface area contributed by atoms with E-state index in [1.165, 1.54) is 12.1 Å². The van der Waals surface area contributed by atoms with Crippen LogP contribution in [-0.2, 0) is 6.18 Å².